The molecule has 0 heterocycles. The van der Waals surface area contributed by atoms with Gasteiger partial charge in [0.15, 0.2) is 0 Å². The molecule has 0 fully saturated rings. The van der Waals surface area contributed by atoms with Gasteiger partial charge in [-0.05, 0) is 30.5 Å². The van der Waals surface area contributed by atoms with Crippen LogP contribution < -0.4 is 5.32 Å². The number of hydrogen-bond donors (Lipinski definition) is 1. The fourth-order valence-electron chi connectivity index (χ4n) is 3.01. The van der Waals surface area contributed by atoms with Crippen LogP contribution in [-0.2, 0) is 22.6 Å². The van der Waals surface area contributed by atoms with Crippen molar-refractivity contribution >= 4 is 23.4 Å². The van der Waals surface area contributed by atoms with E-state index in [1.54, 1.807) is 11.0 Å². The molecule has 0 aliphatic rings. The average molecular weight is 387 g/mol. The summed E-state index contributed by atoms with van der Waals surface area (Å²) >= 11 is 6.32. The van der Waals surface area contributed by atoms with Crippen LogP contribution >= 0.6 is 11.6 Å². The third-order valence-corrected chi connectivity index (χ3v) is 4.75. The molecule has 0 radical (unpaired) electrons. The lowest BCUT2D eigenvalue weighted by molar-refractivity contribution is -0.141. The standard InChI is InChI=1S/C22H27ClN2O2/c1-3-10-21(26)25(16-18-13-8-9-14-19(18)23)20(22(27)24-4-2)15-17-11-6-5-7-12-17/h5-9,11-14,20H,3-4,10,15-16H2,1-2H3,(H,24,27)/t20-/m0/s1. The van der Waals surface area contributed by atoms with Crippen molar-refractivity contribution in [2.24, 2.45) is 0 Å². The zero-order chi connectivity index (χ0) is 19.6. The second-order valence-electron chi connectivity index (χ2n) is 6.46. The van der Waals surface area contributed by atoms with Gasteiger partial charge in [-0.1, -0.05) is 67.1 Å². The number of carbonyl (C=O) groups excluding carboxylic acids is 2. The van der Waals surface area contributed by atoms with Crippen molar-refractivity contribution in [2.45, 2.75) is 45.7 Å². The Hall–Kier alpha value is -2.33. The van der Waals surface area contributed by atoms with Crippen LogP contribution in [0.5, 0.6) is 0 Å². The Labute approximate surface area is 166 Å². The van der Waals surface area contributed by atoms with Crippen LogP contribution in [0.4, 0.5) is 0 Å². The third-order valence-electron chi connectivity index (χ3n) is 4.38. The lowest BCUT2D eigenvalue weighted by atomic mass is 10.0. The van der Waals surface area contributed by atoms with Gasteiger partial charge in [-0.3, -0.25) is 9.59 Å². The zero-order valence-corrected chi connectivity index (χ0v) is 16.7. The molecule has 2 amide bonds. The van der Waals surface area contributed by atoms with E-state index >= 15 is 0 Å². The van der Waals surface area contributed by atoms with Crippen LogP contribution in [0.2, 0.25) is 5.02 Å². The summed E-state index contributed by atoms with van der Waals surface area (Å²) in [4.78, 5) is 27.4. The van der Waals surface area contributed by atoms with Gasteiger partial charge in [-0.15, -0.1) is 0 Å². The van der Waals surface area contributed by atoms with Crippen molar-refractivity contribution in [1.82, 2.24) is 10.2 Å². The molecule has 0 aliphatic heterocycles. The molecule has 144 valence electrons. The van der Waals surface area contributed by atoms with Crippen LogP contribution in [0, 0.1) is 0 Å². The first-order valence-electron chi connectivity index (χ1n) is 9.41. The van der Waals surface area contributed by atoms with Crippen molar-refractivity contribution in [3.8, 4) is 0 Å². The number of halogens is 1. The predicted octanol–water partition coefficient (Wildman–Crippen LogP) is 4.22. The lowest BCUT2D eigenvalue weighted by Crippen LogP contribution is -2.50. The Morgan fingerprint density at radius 3 is 2.33 bits per heavy atom. The normalized spacial score (nSPS) is 11.7. The van der Waals surface area contributed by atoms with E-state index in [1.165, 1.54) is 0 Å². The minimum Gasteiger partial charge on any atom is -0.355 e. The number of likely N-dealkylation sites (N-methyl/N-ethyl adjacent to an activating group) is 1. The molecule has 1 N–H and O–H groups in total. The molecule has 5 heteroatoms. The van der Waals surface area contributed by atoms with Gasteiger partial charge in [-0.25, -0.2) is 0 Å². The van der Waals surface area contributed by atoms with Gasteiger partial charge >= 0.3 is 0 Å². The van der Waals surface area contributed by atoms with E-state index in [0.29, 0.717) is 31.0 Å². The van der Waals surface area contributed by atoms with Crippen molar-refractivity contribution in [2.75, 3.05) is 6.54 Å². The second-order valence-corrected chi connectivity index (χ2v) is 6.87. The van der Waals surface area contributed by atoms with E-state index in [-0.39, 0.29) is 11.8 Å². The number of hydrogen-bond acceptors (Lipinski definition) is 2. The Balaban J connectivity index is 2.36. The monoisotopic (exact) mass is 386 g/mol. The van der Waals surface area contributed by atoms with E-state index in [0.717, 1.165) is 17.5 Å². The maximum absolute atomic E-state index is 12.9. The van der Waals surface area contributed by atoms with E-state index in [4.69, 9.17) is 11.6 Å². The third kappa shape index (κ3) is 6.10. The molecule has 4 nitrogen and oxygen atoms in total. The van der Waals surface area contributed by atoms with Gasteiger partial charge in [-0.2, -0.15) is 0 Å². The highest BCUT2D eigenvalue weighted by Crippen LogP contribution is 2.21. The second kappa shape index (κ2) is 10.7. The summed E-state index contributed by atoms with van der Waals surface area (Å²) in [6.45, 7) is 4.67. The number of nitrogens with one attached hydrogen (secondary N) is 1. The first kappa shape index (κ1) is 21.0. The number of benzene rings is 2. The maximum atomic E-state index is 12.9. The first-order chi connectivity index (χ1) is 13.1. The van der Waals surface area contributed by atoms with Gasteiger partial charge in [0.1, 0.15) is 6.04 Å². The summed E-state index contributed by atoms with van der Waals surface area (Å²) in [6, 6.07) is 16.6. The van der Waals surface area contributed by atoms with E-state index in [1.807, 2.05) is 62.4 Å². The Morgan fingerprint density at radius 2 is 1.70 bits per heavy atom. The molecule has 0 unspecified atom stereocenters. The highest BCUT2D eigenvalue weighted by molar-refractivity contribution is 6.31. The molecular formula is C22H27ClN2O2. The fraction of sp³-hybridized carbons (Fsp3) is 0.364. The largest absolute Gasteiger partial charge is 0.355 e. The van der Waals surface area contributed by atoms with Crippen molar-refractivity contribution in [1.29, 1.82) is 0 Å². The predicted molar refractivity (Wildman–Crippen MR) is 110 cm³/mol. The fourth-order valence-corrected chi connectivity index (χ4v) is 3.21. The maximum Gasteiger partial charge on any atom is 0.243 e. The number of rotatable bonds is 9. The molecule has 0 spiro atoms. The van der Waals surface area contributed by atoms with Crippen LogP contribution in [-0.4, -0.2) is 29.3 Å². The average Bonchev–Trinajstić information content (AvgIpc) is 2.67. The van der Waals surface area contributed by atoms with Gasteiger partial charge in [0.2, 0.25) is 11.8 Å². The van der Waals surface area contributed by atoms with E-state index in [9.17, 15) is 9.59 Å². The number of carbonyl (C=O) groups is 2. The quantitative estimate of drug-likeness (QED) is 0.701. The molecule has 2 rings (SSSR count). The number of amides is 2. The summed E-state index contributed by atoms with van der Waals surface area (Å²) in [7, 11) is 0. The summed E-state index contributed by atoms with van der Waals surface area (Å²) in [6.07, 6.45) is 1.59. The van der Waals surface area contributed by atoms with Crippen LogP contribution in [0.25, 0.3) is 0 Å². The van der Waals surface area contributed by atoms with E-state index < -0.39 is 6.04 Å². The highest BCUT2D eigenvalue weighted by Gasteiger charge is 2.29. The Bertz CT molecular complexity index is 749. The molecule has 1 atom stereocenters. The summed E-state index contributed by atoms with van der Waals surface area (Å²) in [5.41, 5.74) is 1.85. The van der Waals surface area contributed by atoms with E-state index in [2.05, 4.69) is 5.32 Å². The minimum atomic E-state index is -0.581. The molecule has 27 heavy (non-hydrogen) atoms. The molecule has 2 aromatic rings. The van der Waals surface area contributed by atoms with Gasteiger partial charge in [0.25, 0.3) is 0 Å². The van der Waals surface area contributed by atoms with Crippen molar-refractivity contribution in [3.63, 3.8) is 0 Å². The molecular weight excluding hydrogens is 360 g/mol. The highest BCUT2D eigenvalue weighted by atomic mass is 35.5. The van der Waals surface area contributed by atoms with Crippen LogP contribution in [0.1, 0.15) is 37.8 Å². The molecule has 0 saturated carbocycles. The summed E-state index contributed by atoms with van der Waals surface area (Å²) < 4.78 is 0. The van der Waals surface area contributed by atoms with Gasteiger partial charge in [0.05, 0.1) is 0 Å². The summed E-state index contributed by atoms with van der Waals surface area (Å²) in [5, 5.41) is 3.48. The first-order valence-corrected chi connectivity index (χ1v) is 9.79. The van der Waals surface area contributed by atoms with Crippen LogP contribution in [0.3, 0.4) is 0 Å². The molecule has 0 aromatic heterocycles. The van der Waals surface area contributed by atoms with Gasteiger partial charge < -0.3 is 10.2 Å². The number of nitrogens with zero attached hydrogens (tertiary/aromatic N) is 1. The smallest absolute Gasteiger partial charge is 0.243 e. The SMILES string of the molecule is CCCC(=O)N(Cc1ccccc1Cl)[C@@H](Cc1ccccc1)C(=O)NCC. The van der Waals surface area contributed by atoms with Crippen molar-refractivity contribution < 1.29 is 9.59 Å². The van der Waals surface area contributed by atoms with Gasteiger partial charge in [0, 0.05) is 31.0 Å². The molecule has 0 aliphatic carbocycles. The van der Waals surface area contributed by atoms with Crippen LogP contribution in [0.15, 0.2) is 54.6 Å². The topological polar surface area (TPSA) is 49.4 Å². The molecule has 0 saturated heterocycles. The Morgan fingerprint density at radius 1 is 1.04 bits per heavy atom. The minimum absolute atomic E-state index is 0.0374. The summed E-state index contributed by atoms with van der Waals surface area (Å²) in [5.74, 6) is -0.178. The molecule has 2 aromatic carbocycles. The lowest BCUT2D eigenvalue weighted by Gasteiger charge is -2.31. The Kier molecular flexibility index (Phi) is 8.34. The zero-order valence-electron chi connectivity index (χ0n) is 16.0. The molecule has 0 bridgehead atoms. The van der Waals surface area contributed by atoms with Crippen molar-refractivity contribution in [3.05, 3.63) is 70.7 Å².